The number of rotatable bonds is 10. The van der Waals surface area contributed by atoms with E-state index in [1.807, 2.05) is 48.5 Å². The Morgan fingerprint density at radius 1 is 0.833 bits per heavy atom. The van der Waals surface area contributed by atoms with Crippen LogP contribution in [0, 0.1) is 0 Å². The Morgan fingerprint density at radius 3 is 2.31 bits per heavy atom. The number of halogens is 3. The second-order valence-corrected chi connectivity index (χ2v) is 9.65. The average Bonchev–Trinajstić information content (AvgIpc) is 2.99. The van der Waals surface area contributed by atoms with Gasteiger partial charge in [-0.3, -0.25) is 9.78 Å². The lowest BCUT2D eigenvalue weighted by Crippen LogP contribution is -2.07. The Kier molecular flexibility index (Phi) is 8.71. The smallest absolute Gasteiger partial charge is 0.418 e. The maximum absolute atomic E-state index is 13.9. The number of esters is 1. The van der Waals surface area contributed by atoms with Crippen LogP contribution in [0.25, 0.3) is 22.0 Å². The summed E-state index contributed by atoms with van der Waals surface area (Å²) in [5.74, 6) is 1.45. The Hall–Kier alpha value is -4.85. The summed E-state index contributed by atoms with van der Waals surface area (Å²) in [6, 6.07) is 28.2. The molecule has 8 heteroatoms. The number of aromatic nitrogens is 1. The number of methoxy groups -OCH3 is 1. The fraction of sp³-hybridized carbons (Fsp3) is 0.176. The number of ether oxygens (including phenoxy) is 3. The van der Waals surface area contributed by atoms with Crippen molar-refractivity contribution in [1.82, 2.24) is 4.98 Å². The third kappa shape index (κ3) is 6.89. The molecule has 0 saturated heterocycles. The maximum Gasteiger partial charge on any atom is 0.418 e. The third-order valence-electron chi connectivity index (χ3n) is 6.72. The second kappa shape index (κ2) is 12.8. The van der Waals surface area contributed by atoms with Crippen LogP contribution in [0.15, 0.2) is 103 Å². The molecule has 42 heavy (non-hydrogen) atoms. The van der Waals surface area contributed by atoms with Crippen molar-refractivity contribution in [3.8, 4) is 28.4 Å². The molecule has 0 aliphatic heterocycles. The van der Waals surface area contributed by atoms with Crippen molar-refractivity contribution in [3.63, 3.8) is 0 Å². The van der Waals surface area contributed by atoms with Crippen molar-refractivity contribution in [2.45, 2.75) is 25.4 Å². The number of pyridine rings is 1. The molecule has 0 atom stereocenters. The van der Waals surface area contributed by atoms with E-state index in [9.17, 15) is 18.0 Å². The van der Waals surface area contributed by atoms with Crippen LogP contribution in [0.5, 0.6) is 17.2 Å². The van der Waals surface area contributed by atoms with Crippen molar-refractivity contribution < 1.29 is 32.2 Å². The molecule has 5 nitrogen and oxygen atoms in total. The number of hydrogen-bond donors (Lipinski definition) is 0. The van der Waals surface area contributed by atoms with Gasteiger partial charge >= 0.3 is 12.1 Å². The molecule has 0 aliphatic carbocycles. The quantitative estimate of drug-likeness (QED) is 0.124. The van der Waals surface area contributed by atoms with Gasteiger partial charge in [0.1, 0.15) is 17.2 Å². The fourth-order valence-corrected chi connectivity index (χ4v) is 4.75. The normalized spacial score (nSPS) is 11.3. The Labute approximate surface area is 241 Å². The predicted octanol–water partition coefficient (Wildman–Crippen LogP) is 8.64. The van der Waals surface area contributed by atoms with Gasteiger partial charge in [0.2, 0.25) is 0 Å². The first kappa shape index (κ1) is 28.7. The van der Waals surface area contributed by atoms with Crippen molar-refractivity contribution in [2.75, 3.05) is 13.7 Å². The number of carbonyl (C=O) groups excluding carboxylic acids is 1. The molecule has 0 saturated carbocycles. The first-order valence-electron chi connectivity index (χ1n) is 13.4. The summed E-state index contributed by atoms with van der Waals surface area (Å²) in [5, 5.41) is 0.420. The van der Waals surface area contributed by atoms with E-state index in [0.717, 1.165) is 22.8 Å². The molecular formula is C34H28F3NO4. The predicted molar refractivity (Wildman–Crippen MR) is 155 cm³/mol. The molecule has 4 aromatic carbocycles. The lowest BCUT2D eigenvalue weighted by atomic mass is 9.92. The number of fused-ring (bicyclic) bond motifs is 1. The van der Waals surface area contributed by atoms with Gasteiger partial charge in [-0.05, 0) is 77.6 Å². The number of alkyl halides is 3. The highest BCUT2D eigenvalue weighted by Gasteiger charge is 2.33. The first-order valence-corrected chi connectivity index (χ1v) is 13.4. The molecule has 0 bridgehead atoms. The number of nitrogens with zero attached hydrogens (tertiary/aromatic N) is 1. The van der Waals surface area contributed by atoms with Crippen molar-refractivity contribution >= 4 is 16.9 Å². The van der Waals surface area contributed by atoms with Crippen LogP contribution in [0.4, 0.5) is 13.2 Å². The van der Waals surface area contributed by atoms with Crippen LogP contribution >= 0.6 is 0 Å². The number of carbonyl (C=O) groups is 1. The lowest BCUT2D eigenvalue weighted by molar-refractivity contribution is -0.141. The van der Waals surface area contributed by atoms with E-state index < -0.39 is 11.7 Å². The Bertz CT molecular complexity index is 1670. The highest BCUT2D eigenvalue weighted by Crippen LogP contribution is 2.40. The summed E-state index contributed by atoms with van der Waals surface area (Å²) in [6.07, 6.45) is -1.67. The summed E-state index contributed by atoms with van der Waals surface area (Å²) >= 11 is 0. The van der Waals surface area contributed by atoms with Gasteiger partial charge in [0.25, 0.3) is 0 Å². The van der Waals surface area contributed by atoms with Gasteiger partial charge in [-0.25, -0.2) is 0 Å². The van der Waals surface area contributed by atoms with Crippen LogP contribution in [-0.4, -0.2) is 24.7 Å². The van der Waals surface area contributed by atoms with E-state index in [-0.39, 0.29) is 17.9 Å². The number of para-hydroxylation sites is 1. The molecule has 1 heterocycles. The van der Waals surface area contributed by atoms with E-state index >= 15 is 0 Å². The molecule has 1 aromatic heterocycles. The van der Waals surface area contributed by atoms with E-state index in [0.29, 0.717) is 47.6 Å². The Morgan fingerprint density at radius 2 is 1.57 bits per heavy atom. The summed E-state index contributed by atoms with van der Waals surface area (Å²) < 4.78 is 58.0. The van der Waals surface area contributed by atoms with Gasteiger partial charge < -0.3 is 14.2 Å². The van der Waals surface area contributed by atoms with Crippen LogP contribution in [0.2, 0.25) is 0 Å². The van der Waals surface area contributed by atoms with Gasteiger partial charge in [0.15, 0.2) is 0 Å². The van der Waals surface area contributed by atoms with Gasteiger partial charge in [0.05, 0.1) is 24.8 Å². The molecule has 0 amide bonds. The maximum atomic E-state index is 13.9. The minimum absolute atomic E-state index is 0.0923. The molecular weight excluding hydrogens is 543 g/mol. The minimum atomic E-state index is -4.53. The molecule has 0 unspecified atom stereocenters. The van der Waals surface area contributed by atoms with Crippen molar-refractivity contribution in [1.29, 1.82) is 0 Å². The lowest BCUT2D eigenvalue weighted by Gasteiger charge is -2.17. The standard InChI is InChI=1S/C34H28F3NO4/c1-40-31(39)14-7-19-41-26-15-17-27(18-16-26)42-28-11-5-10-24(21-28)32-25(20-23-8-3-2-4-9-23)22-38-33-29(32)12-6-13-30(33)34(35,36)37/h2-6,8-13,15-18,21-22H,7,14,19-20H2,1H3. The molecule has 5 aromatic rings. The van der Waals surface area contributed by atoms with Crippen LogP contribution in [0.1, 0.15) is 29.5 Å². The van der Waals surface area contributed by atoms with Gasteiger partial charge in [-0.2, -0.15) is 13.2 Å². The second-order valence-electron chi connectivity index (χ2n) is 9.65. The van der Waals surface area contributed by atoms with E-state index in [2.05, 4.69) is 9.72 Å². The van der Waals surface area contributed by atoms with Crippen molar-refractivity contribution in [3.05, 3.63) is 120 Å². The SMILES string of the molecule is COC(=O)CCCOc1ccc(Oc2cccc(-c3c(Cc4ccccc4)cnc4c(C(F)(F)F)cccc34)c2)cc1. The number of benzene rings is 4. The topological polar surface area (TPSA) is 57.7 Å². The summed E-state index contributed by atoms with van der Waals surface area (Å²) in [4.78, 5) is 15.5. The molecule has 5 rings (SSSR count). The fourth-order valence-electron chi connectivity index (χ4n) is 4.75. The zero-order valence-electron chi connectivity index (χ0n) is 22.9. The third-order valence-corrected chi connectivity index (χ3v) is 6.72. The van der Waals surface area contributed by atoms with Crippen molar-refractivity contribution in [2.24, 2.45) is 0 Å². The summed E-state index contributed by atoms with van der Waals surface area (Å²) in [7, 11) is 1.35. The molecule has 0 N–H and O–H groups in total. The molecule has 0 aliphatic rings. The summed E-state index contributed by atoms with van der Waals surface area (Å²) in [6.45, 7) is 0.374. The molecule has 0 spiro atoms. The highest BCUT2D eigenvalue weighted by atomic mass is 19.4. The van der Waals surface area contributed by atoms with E-state index in [1.165, 1.54) is 19.4 Å². The zero-order valence-corrected chi connectivity index (χ0v) is 22.9. The van der Waals surface area contributed by atoms with Gasteiger partial charge in [0, 0.05) is 18.0 Å². The van der Waals surface area contributed by atoms with E-state index in [1.54, 1.807) is 36.4 Å². The molecule has 0 fully saturated rings. The molecule has 214 valence electrons. The first-order chi connectivity index (χ1) is 20.3. The van der Waals surface area contributed by atoms with E-state index in [4.69, 9.17) is 9.47 Å². The largest absolute Gasteiger partial charge is 0.494 e. The minimum Gasteiger partial charge on any atom is -0.494 e. The van der Waals surface area contributed by atoms with Crippen LogP contribution in [0.3, 0.4) is 0 Å². The molecule has 0 radical (unpaired) electrons. The summed E-state index contributed by atoms with van der Waals surface area (Å²) in [5.41, 5.74) is 2.36. The van der Waals surface area contributed by atoms with Crippen LogP contribution < -0.4 is 9.47 Å². The van der Waals surface area contributed by atoms with Gasteiger partial charge in [-0.15, -0.1) is 0 Å². The average molecular weight is 572 g/mol. The zero-order chi connectivity index (χ0) is 29.5. The van der Waals surface area contributed by atoms with Gasteiger partial charge in [-0.1, -0.05) is 54.6 Å². The Balaban J connectivity index is 1.44. The highest BCUT2D eigenvalue weighted by molar-refractivity contribution is 5.98. The van der Waals surface area contributed by atoms with Crippen LogP contribution in [-0.2, 0) is 22.1 Å². The number of hydrogen-bond acceptors (Lipinski definition) is 5. The monoisotopic (exact) mass is 571 g/mol.